The van der Waals surface area contributed by atoms with Crippen molar-refractivity contribution in [3.8, 4) is 0 Å². The highest BCUT2D eigenvalue weighted by Gasteiger charge is 2.22. The summed E-state index contributed by atoms with van der Waals surface area (Å²) in [6, 6.07) is 7.97. The summed E-state index contributed by atoms with van der Waals surface area (Å²) >= 11 is 0. The fourth-order valence-corrected chi connectivity index (χ4v) is 2.54. The molecular formula is C17H22N2O4. The summed E-state index contributed by atoms with van der Waals surface area (Å²) in [6.45, 7) is 1.43. The zero-order chi connectivity index (χ0) is 16.7. The van der Waals surface area contributed by atoms with Crippen molar-refractivity contribution in [2.75, 3.05) is 0 Å². The van der Waals surface area contributed by atoms with E-state index in [1.165, 1.54) is 13.3 Å². The summed E-state index contributed by atoms with van der Waals surface area (Å²) in [6.07, 6.45) is 4.18. The summed E-state index contributed by atoms with van der Waals surface area (Å²) in [5, 5.41) is 5.00. The predicted molar refractivity (Wildman–Crippen MR) is 84.9 cm³/mol. The first-order valence-electron chi connectivity index (χ1n) is 7.93. The number of imide groups is 1. The Labute approximate surface area is 135 Å². The van der Waals surface area contributed by atoms with Crippen LogP contribution in [0.3, 0.4) is 0 Å². The molecule has 6 nitrogen and oxygen atoms in total. The van der Waals surface area contributed by atoms with Crippen molar-refractivity contribution >= 4 is 17.9 Å². The maximum absolute atomic E-state index is 11.9. The Morgan fingerprint density at radius 2 is 1.74 bits per heavy atom. The summed E-state index contributed by atoms with van der Waals surface area (Å²) in [4.78, 5) is 35.6. The van der Waals surface area contributed by atoms with E-state index in [9.17, 15) is 14.4 Å². The monoisotopic (exact) mass is 318 g/mol. The molecule has 1 aliphatic rings. The van der Waals surface area contributed by atoms with Gasteiger partial charge in [0.15, 0.2) is 6.10 Å². The van der Waals surface area contributed by atoms with Crippen molar-refractivity contribution < 1.29 is 19.1 Å². The highest BCUT2D eigenvalue weighted by Crippen LogP contribution is 2.17. The molecule has 3 amide bonds. The minimum atomic E-state index is -1.04. The summed E-state index contributed by atoms with van der Waals surface area (Å²) < 4.78 is 5.06. The standard InChI is InChI=1S/C17H22N2O4/c1-12(23-16(21)13-8-4-2-5-9-13)15(20)19-17(22)18-14-10-6-3-7-11-14/h2,4-5,8-9,12,14H,3,6-7,10-11H2,1H3,(H2,18,19,20,22)/t12-/m0/s1. The first-order valence-corrected chi connectivity index (χ1v) is 7.93. The summed E-state index contributed by atoms with van der Waals surface area (Å²) in [5.74, 6) is -1.23. The van der Waals surface area contributed by atoms with Crippen LogP contribution in [0.15, 0.2) is 30.3 Å². The fourth-order valence-electron chi connectivity index (χ4n) is 2.54. The second-order valence-corrected chi connectivity index (χ2v) is 5.71. The van der Waals surface area contributed by atoms with Crippen LogP contribution in [0.5, 0.6) is 0 Å². The minimum absolute atomic E-state index is 0.110. The average Bonchev–Trinajstić information content (AvgIpc) is 2.56. The van der Waals surface area contributed by atoms with Crippen molar-refractivity contribution in [2.24, 2.45) is 0 Å². The van der Waals surface area contributed by atoms with Crippen LogP contribution in [0.4, 0.5) is 4.79 Å². The molecule has 124 valence electrons. The van der Waals surface area contributed by atoms with Crippen LogP contribution in [0.1, 0.15) is 49.4 Å². The van der Waals surface area contributed by atoms with Crippen LogP contribution in [-0.4, -0.2) is 30.1 Å². The number of nitrogens with one attached hydrogen (secondary N) is 2. The zero-order valence-corrected chi connectivity index (χ0v) is 13.2. The molecule has 1 aromatic carbocycles. The van der Waals surface area contributed by atoms with E-state index >= 15 is 0 Å². The van der Waals surface area contributed by atoms with E-state index in [0.717, 1.165) is 25.7 Å². The molecule has 1 aromatic rings. The van der Waals surface area contributed by atoms with Crippen molar-refractivity contribution in [3.05, 3.63) is 35.9 Å². The van der Waals surface area contributed by atoms with Gasteiger partial charge in [0.1, 0.15) is 0 Å². The Kier molecular flexibility index (Phi) is 6.14. The second kappa shape index (κ2) is 8.31. The van der Waals surface area contributed by atoms with Gasteiger partial charge >= 0.3 is 12.0 Å². The largest absolute Gasteiger partial charge is 0.449 e. The SMILES string of the molecule is C[C@H](OC(=O)c1ccccc1)C(=O)NC(=O)NC1CCCCC1. The highest BCUT2D eigenvalue weighted by molar-refractivity contribution is 5.98. The molecule has 0 bridgehead atoms. The first-order chi connectivity index (χ1) is 11.1. The molecule has 23 heavy (non-hydrogen) atoms. The van der Waals surface area contributed by atoms with Crippen molar-refractivity contribution in [2.45, 2.75) is 51.2 Å². The van der Waals surface area contributed by atoms with Gasteiger partial charge in [-0.15, -0.1) is 0 Å². The number of rotatable bonds is 4. The Morgan fingerprint density at radius 1 is 1.09 bits per heavy atom. The van der Waals surface area contributed by atoms with Crippen molar-refractivity contribution in [3.63, 3.8) is 0 Å². The molecule has 0 radical (unpaired) electrons. The minimum Gasteiger partial charge on any atom is -0.449 e. The Balaban J connectivity index is 1.77. The zero-order valence-electron chi connectivity index (χ0n) is 13.2. The van der Waals surface area contributed by atoms with Crippen LogP contribution in [0.2, 0.25) is 0 Å². The molecular weight excluding hydrogens is 296 g/mol. The number of hydrogen-bond acceptors (Lipinski definition) is 4. The van der Waals surface area contributed by atoms with Gasteiger partial charge in [-0.05, 0) is 31.9 Å². The average molecular weight is 318 g/mol. The molecule has 2 N–H and O–H groups in total. The lowest BCUT2D eigenvalue weighted by Crippen LogP contribution is -2.48. The molecule has 0 unspecified atom stereocenters. The van der Waals surface area contributed by atoms with Crippen LogP contribution >= 0.6 is 0 Å². The molecule has 2 rings (SSSR count). The molecule has 1 fully saturated rings. The normalized spacial score (nSPS) is 16.2. The molecule has 0 aromatic heterocycles. The Bertz CT molecular complexity index is 553. The van der Waals surface area contributed by atoms with Gasteiger partial charge in [0.2, 0.25) is 0 Å². The van der Waals surface area contributed by atoms with E-state index in [1.54, 1.807) is 30.3 Å². The molecule has 6 heteroatoms. The maximum Gasteiger partial charge on any atom is 0.338 e. The van der Waals surface area contributed by atoms with Gasteiger partial charge in [0.05, 0.1) is 5.56 Å². The smallest absolute Gasteiger partial charge is 0.338 e. The Morgan fingerprint density at radius 3 is 2.39 bits per heavy atom. The number of carbonyl (C=O) groups is 3. The van der Waals surface area contributed by atoms with E-state index in [-0.39, 0.29) is 6.04 Å². The molecule has 0 aliphatic heterocycles. The molecule has 1 saturated carbocycles. The van der Waals surface area contributed by atoms with Gasteiger partial charge in [-0.1, -0.05) is 37.5 Å². The first kappa shape index (κ1) is 17.0. The van der Waals surface area contributed by atoms with E-state index in [2.05, 4.69) is 10.6 Å². The summed E-state index contributed by atoms with van der Waals surface area (Å²) in [7, 11) is 0. The summed E-state index contributed by atoms with van der Waals surface area (Å²) in [5.41, 5.74) is 0.360. The molecule has 1 aliphatic carbocycles. The number of amides is 3. The lowest BCUT2D eigenvalue weighted by molar-refractivity contribution is -0.127. The number of ether oxygens (including phenoxy) is 1. The second-order valence-electron chi connectivity index (χ2n) is 5.71. The van der Waals surface area contributed by atoms with Crippen LogP contribution in [0.25, 0.3) is 0 Å². The van der Waals surface area contributed by atoms with E-state index in [0.29, 0.717) is 5.56 Å². The van der Waals surface area contributed by atoms with Crippen LogP contribution in [-0.2, 0) is 9.53 Å². The number of benzene rings is 1. The van der Waals surface area contributed by atoms with Crippen LogP contribution in [0, 0.1) is 0 Å². The van der Waals surface area contributed by atoms with Crippen molar-refractivity contribution in [1.29, 1.82) is 0 Å². The lowest BCUT2D eigenvalue weighted by atomic mass is 9.96. The third-order valence-corrected chi connectivity index (χ3v) is 3.84. The number of urea groups is 1. The van der Waals surface area contributed by atoms with Gasteiger partial charge in [-0.2, -0.15) is 0 Å². The third kappa shape index (κ3) is 5.39. The van der Waals surface area contributed by atoms with E-state index in [1.807, 2.05) is 0 Å². The van der Waals surface area contributed by atoms with E-state index in [4.69, 9.17) is 4.74 Å². The lowest BCUT2D eigenvalue weighted by Gasteiger charge is -2.23. The van der Waals surface area contributed by atoms with Gasteiger partial charge < -0.3 is 10.1 Å². The van der Waals surface area contributed by atoms with Gasteiger partial charge in [-0.25, -0.2) is 9.59 Å². The fraction of sp³-hybridized carbons (Fsp3) is 0.471. The highest BCUT2D eigenvalue weighted by atomic mass is 16.5. The van der Waals surface area contributed by atoms with Gasteiger partial charge in [0.25, 0.3) is 5.91 Å². The quantitative estimate of drug-likeness (QED) is 0.835. The Hall–Kier alpha value is -2.37. The molecule has 1 atom stereocenters. The van der Waals surface area contributed by atoms with Gasteiger partial charge in [0, 0.05) is 6.04 Å². The maximum atomic E-state index is 11.9. The number of hydrogen-bond donors (Lipinski definition) is 2. The predicted octanol–water partition coefficient (Wildman–Crippen LogP) is 2.39. The number of carbonyl (C=O) groups excluding carboxylic acids is 3. The number of esters is 1. The molecule has 0 saturated heterocycles. The van der Waals surface area contributed by atoms with Crippen LogP contribution < -0.4 is 10.6 Å². The van der Waals surface area contributed by atoms with E-state index < -0.39 is 24.0 Å². The van der Waals surface area contributed by atoms with Gasteiger partial charge in [-0.3, -0.25) is 10.1 Å². The third-order valence-electron chi connectivity index (χ3n) is 3.84. The van der Waals surface area contributed by atoms with Crippen molar-refractivity contribution in [1.82, 2.24) is 10.6 Å². The topological polar surface area (TPSA) is 84.5 Å². The molecule has 0 spiro atoms. The molecule has 0 heterocycles.